The second kappa shape index (κ2) is 10.6. The van der Waals surface area contributed by atoms with Crippen molar-refractivity contribution >= 4 is 12.1 Å². The molecule has 0 aliphatic heterocycles. The largest absolute Gasteiger partial charge is 0.459 e. The van der Waals surface area contributed by atoms with Crippen LogP contribution < -0.4 is 5.32 Å². The van der Waals surface area contributed by atoms with Crippen LogP contribution in [0.4, 0.5) is 4.79 Å². The molecule has 0 spiro atoms. The molecular formula is C23H29NO5. The van der Waals surface area contributed by atoms with Crippen LogP contribution in [0.1, 0.15) is 38.8 Å². The van der Waals surface area contributed by atoms with Gasteiger partial charge in [-0.15, -0.1) is 0 Å². The Morgan fingerprint density at radius 3 is 1.83 bits per heavy atom. The zero-order chi connectivity index (χ0) is 21.3. The predicted octanol–water partition coefficient (Wildman–Crippen LogP) is 4.23. The first-order chi connectivity index (χ1) is 13.7. The Morgan fingerprint density at radius 2 is 1.34 bits per heavy atom. The van der Waals surface area contributed by atoms with Crippen LogP contribution >= 0.6 is 0 Å². The van der Waals surface area contributed by atoms with Crippen LogP contribution in [0.15, 0.2) is 60.7 Å². The van der Waals surface area contributed by atoms with Gasteiger partial charge in [-0.05, 0) is 38.8 Å². The van der Waals surface area contributed by atoms with E-state index in [2.05, 4.69) is 5.32 Å². The number of benzene rings is 2. The van der Waals surface area contributed by atoms with E-state index in [1.807, 2.05) is 81.4 Å². The highest BCUT2D eigenvalue weighted by atomic mass is 16.6. The van der Waals surface area contributed by atoms with E-state index in [1.54, 1.807) is 6.92 Å². The van der Waals surface area contributed by atoms with E-state index in [4.69, 9.17) is 14.2 Å². The Hall–Kier alpha value is -2.86. The third-order valence-electron chi connectivity index (χ3n) is 3.97. The van der Waals surface area contributed by atoms with Crippen molar-refractivity contribution in [1.82, 2.24) is 5.32 Å². The molecule has 1 amide bonds. The van der Waals surface area contributed by atoms with Gasteiger partial charge >= 0.3 is 12.1 Å². The van der Waals surface area contributed by atoms with Gasteiger partial charge in [0.1, 0.15) is 13.2 Å². The molecule has 0 bridgehead atoms. The van der Waals surface area contributed by atoms with Crippen LogP contribution in [0.5, 0.6) is 0 Å². The fourth-order valence-electron chi connectivity index (χ4n) is 2.70. The van der Waals surface area contributed by atoms with Crippen LogP contribution in [0, 0.1) is 0 Å². The number of amides is 1. The van der Waals surface area contributed by atoms with E-state index in [-0.39, 0.29) is 13.2 Å². The highest BCUT2D eigenvalue weighted by Crippen LogP contribution is 2.15. The highest BCUT2D eigenvalue weighted by Gasteiger charge is 2.32. The number of alkyl carbamates (subject to hydrolysis) is 1. The monoisotopic (exact) mass is 399 g/mol. The maximum atomic E-state index is 12.7. The van der Waals surface area contributed by atoms with Gasteiger partial charge in [0.25, 0.3) is 0 Å². The van der Waals surface area contributed by atoms with Crippen LogP contribution in [0.25, 0.3) is 0 Å². The summed E-state index contributed by atoms with van der Waals surface area (Å²) in [5, 5.41) is 2.58. The second-order valence-corrected chi connectivity index (χ2v) is 7.71. The number of carbonyl (C=O) groups is 2. The second-order valence-electron chi connectivity index (χ2n) is 7.71. The molecular weight excluding hydrogens is 370 g/mol. The summed E-state index contributed by atoms with van der Waals surface area (Å²) in [6, 6.07) is 17.6. The summed E-state index contributed by atoms with van der Waals surface area (Å²) < 4.78 is 16.5. The third kappa shape index (κ3) is 8.35. The zero-order valence-electron chi connectivity index (χ0n) is 17.4. The lowest BCUT2D eigenvalue weighted by molar-refractivity contribution is -0.154. The van der Waals surface area contributed by atoms with Crippen LogP contribution in [-0.2, 0) is 32.2 Å². The van der Waals surface area contributed by atoms with Crippen molar-refractivity contribution in [2.75, 3.05) is 0 Å². The zero-order valence-corrected chi connectivity index (χ0v) is 17.4. The van der Waals surface area contributed by atoms with E-state index in [9.17, 15) is 9.59 Å². The number of rotatable bonds is 8. The number of nitrogens with one attached hydrogen (secondary N) is 1. The summed E-state index contributed by atoms with van der Waals surface area (Å²) in [5.74, 6) is -0.581. The Kier molecular flexibility index (Phi) is 8.21. The van der Waals surface area contributed by atoms with Crippen LogP contribution in [-0.4, -0.2) is 29.8 Å². The molecule has 2 unspecified atom stereocenters. The molecule has 29 heavy (non-hydrogen) atoms. The minimum atomic E-state index is -0.999. The SMILES string of the molecule is CC(OC(C)(C)C)C(NC(=O)OCc1ccccc1)C(=O)OCc1ccccc1. The molecule has 2 rings (SSSR count). The van der Waals surface area contributed by atoms with Crippen LogP contribution in [0.3, 0.4) is 0 Å². The molecule has 0 saturated heterocycles. The van der Waals surface area contributed by atoms with Crippen molar-refractivity contribution in [3.8, 4) is 0 Å². The van der Waals surface area contributed by atoms with E-state index in [1.165, 1.54) is 0 Å². The molecule has 0 aliphatic carbocycles. The molecule has 156 valence electrons. The van der Waals surface area contributed by atoms with Gasteiger partial charge in [-0.3, -0.25) is 0 Å². The van der Waals surface area contributed by atoms with E-state index >= 15 is 0 Å². The summed E-state index contributed by atoms with van der Waals surface area (Å²) in [6.45, 7) is 7.57. The fourth-order valence-corrected chi connectivity index (χ4v) is 2.70. The Bertz CT molecular complexity index is 771. The van der Waals surface area contributed by atoms with Crippen molar-refractivity contribution < 1.29 is 23.8 Å². The molecule has 6 heteroatoms. The van der Waals surface area contributed by atoms with Gasteiger partial charge in [-0.2, -0.15) is 0 Å². The summed E-state index contributed by atoms with van der Waals surface area (Å²) >= 11 is 0. The molecule has 1 N–H and O–H groups in total. The molecule has 2 aromatic carbocycles. The molecule has 0 radical (unpaired) electrons. The van der Waals surface area contributed by atoms with Gasteiger partial charge in [0.15, 0.2) is 6.04 Å². The number of esters is 1. The quantitative estimate of drug-likeness (QED) is 0.673. The van der Waals surface area contributed by atoms with Gasteiger partial charge in [0.05, 0.1) is 11.7 Å². The number of carbonyl (C=O) groups excluding carboxylic acids is 2. The fraction of sp³-hybridized carbons (Fsp3) is 0.391. The first-order valence-corrected chi connectivity index (χ1v) is 9.60. The lowest BCUT2D eigenvalue weighted by Crippen LogP contribution is -2.51. The number of hydrogen-bond acceptors (Lipinski definition) is 5. The van der Waals surface area contributed by atoms with E-state index in [0.717, 1.165) is 11.1 Å². The van der Waals surface area contributed by atoms with Crippen molar-refractivity contribution in [2.24, 2.45) is 0 Å². The highest BCUT2D eigenvalue weighted by molar-refractivity contribution is 5.82. The lowest BCUT2D eigenvalue weighted by Gasteiger charge is -2.30. The molecule has 2 atom stereocenters. The van der Waals surface area contributed by atoms with E-state index in [0.29, 0.717) is 0 Å². The molecule has 0 saturated carbocycles. The molecule has 0 aliphatic rings. The lowest BCUT2D eigenvalue weighted by atomic mass is 10.1. The standard InChI is InChI=1S/C23H29NO5/c1-17(29-23(2,3)4)20(21(25)27-15-18-11-7-5-8-12-18)24-22(26)28-16-19-13-9-6-10-14-19/h5-14,17,20H,15-16H2,1-4H3,(H,24,26). The summed E-state index contributed by atoms with van der Waals surface area (Å²) in [6.07, 6.45) is -1.32. The van der Waals surface area contributed by atoms with Crippen molar-refractivity contribution in [3.05, 3.63) is 71.8 Å². The van der Waals surface area contributed by atoms with Crippen molar-refractivity contribution in [1.29, 1.82) is 0 Å². The third-order valence-corrected chi connectivity index (χ3v) is 3.97. The smallest absolute Gasteiger partial charge is 0.408 e. The van der Waals surface area contributed by atoms with Gasteiger partial charge in [-0.1, -0.05) is 60.7 Å². The van der Waals surface area contributed by atoms with E-state index < -0.39 is 29.8 Å². The first kappa shape index (κ1) is 22.4. The average Bonchev–Trinajstić information content (AvgIpc) is 2.69. The van der Waals surface area contributed by atoms with Crippen LogP contribution in [0.2, 0.25) is 0 Å². The van der Waals surface area contributed by atoms with Crippen molar-refractivity contribution in [2.45, 2.75) is 58.7 Å². The average molecular weight is 399 g/mol. The van der Waals surface area contributed by atoms with Crippen molar-refractivity contribution in [3.63, 3.8) is 0 Å². The maximum absolute atomic E-state index is 12.7. The minimum absolute atomic E-state index is 0.104. The molecule has 0 heterocycles. The minimum Gasteiger partial charge on any atom is -0.459 e. The molecule has 0 fully saturated rings. The maximum Gasteiger partial charge on any atom is 0.408 e. The predicted molar refractivity (Wildman–Crippen MR) is 110 cm³/mol. The van der Waals surface area contributed by atoms with Gasteiger partial charge < -0.3 is 19.5 Å². The summed E-state index contributed by atoms with van der Waals surface area (Å²) in [5.41, 5.74) is 1.22. The number of hydrogen-bond donors (Lipinski definition) is 1. The van der Waals surface area contributed by atoms with Gasteiger partial charge in [-0.25, -0.2) is 9.59 Å². The van der Waals surface area contributed by atoms with Gasteiger partial charge in [0.2, 0.25) is 0 Å². The summed E-state index contributed by atoms with van der Waals surface area (Å²) in [4.78, 5) is 25.0. The molecule has 6 nitrogen and oxygen atoms in total. The Labute approximate surface area is 172 Å². The first-order valence-electron chi connectivity index (χ1n) is 9.60. The normalized spacial score (nSPS) is 13.2. The summed E-state index contributed by atoms with van der Waals surface area (Å²) in [7, 11) is 0. The van der Waals surface area contributed by atoms with Gasteiger partial charge in [0, 0.05) is 0 Å². The Morgan fingerprint density at radius 1 is 0.862 bits per heavy atom. The number of ether oxygens (including phenoxy) is 3. The Balaban J connectivity index is 1.99. The molecule has 2 aromatic rings. The molecule has 0 aromatic heterocycles. The topological polar surface area (TPSA) is 73.9 Å².